The Balaban J connectivity index is 2.20. The molecular formula is C15H21N3OS. The Hall–Kier alpha value is -1.33. The third kappa shape index (κ3) is 3.41. The highest BCUT2D eigenvalue weighted by atomic mass is 32.2. The molecule has 20 heavy (non-hydrogen) atoms. The van der Waals surface area contributed by atoms with Gasteiger partial charge in [0.15, 0.2) is 0 Å². The Morgan fingerprint density at radius 1 is 1.25 bits per heavy atom. The zero-order valence-electron chi connectivity index (χ0n) is 12.4. The quantitative estimate of drug-likeness (QED) is 0.866. The normalized spacial score (nSPS) is 13.4. The molecule has 0 saturated carbocycles. The first-order valence-electron chi connectivity index (χ1n) is 6.74. The van der Waals surface area contributed by atoms with Crippen LogP contribution < -0.4 is 5.73 Å². The molecule has 0 spiro atoms. The van der Waals surface area contributed by atoms with Crippen molar-refractivity contribution in [3.8, 4) is 11.4 Å². The summed E-state index contributed by atoms with van der Waals surface area (Å²) in [7, 11) is 0. The minimum atomic E-state index is -0.265. The Morgan fingerprint density at radius 3 is 2.45 bits per heavy atom. The fourth-order valence-corrected chi connectivity index (χ4v) is 2.38. The first-order valence-corrected chi connectivity index (χ1v) is 7.73. The van der Waals surface area contributed by atoms with Crippen molar-refractivity contribution >= 4 is 11.8 Å². The van der Waals surface area contributed by atoms with E-state index in [1.54, 1.807) is 0 Å². The average Bonchev–Trinajstić information content (AvgIpc) is 2.87. The molecule has 0 radical (unpaired) electrons. The van der Waals surface area contributed by atoms with Gasteiger partial charge in [0.1, 0.15) is 0 Å². The average molecular weight is 291 g/mol. The molecule has 0 aliphatic rings. The molecule has 0 aliphatic carbocycles. The molecule has 2 aromatic rings. The van der Waals surface area contributed by atoms with Crippen molar-refractivity contribution in [2.45, 2.75) is 38.6 Å². The lowest BCUT2D eigenvalue weighted by Crippen LogP contribution is -2.26. The third-order valence-corrected chi connectivity index (χ3v) is 3.96. The van der Waals surface area contributed by atoms with Crippen LogP contribution in [0.2, 0.25) is 0 Å². The highest BCUT2D eigenvalue weighted by Gasteiger charge is 2.27. The molecule has 1 heterocycles. The number of benzene rings is 1. The fourth-order valence-electron chi connectivity index (χ4n) is 1.72. The van der Waals surface area contributed by atoms with Gasteiger partial charge in [-0.3, -0.25) is 0 Å². The van der Waals surface area contributed by atoms with Crippen LogP contribution in [0.5, 0.6) is 0 Å². The number of aromatic nitrogens is 2. The molecular weight excluding hydrogens is 270 g/mol. The van der Waals surface area contributed by atoms with Gasteiger partial charge in [0.2, 0.25) is 11.7 Å². The summed E-state index contributed by atoms with van der Waals surface area (Å²) in [6, 6.07) is 7.90. The molecule has 4 nitrogen and oxygen atoms in total. The molecule has 0 bridgehead atoms. The molecule has 0 saturated heterocycles. The second-order valence-corrected chi connectivity index (χ2v) is 7.09. The summed E-state index contributed by atoms with van der Waals surface area (Å²) in [6.45, 7) is 8.30. The summed E-state index contributed by atoms with van der Waals surface area (Å²) in [5, 5.41) is 4.02. The molecule has 0 fully saturated rings. The van der Waals surface area contributed by atoms with Crippen molar-refractivity contribution in [2.75, 3.05) is 5.75 Å². The van der Waals surface area contributed by atoms with E-state index in [0.29, 0.717) is 11.7 Å². The highest BCUT2D eigenvalue weighted by Crippen LogP contribution is 2.30. The lowest BCUT2D eigenvalue weighted by atomic mass is 9.87. The minimum Gasteiger partial charge on any atom is -0.337 e. The van der Waals surface area contributed by atoms with Crippen molar-refractivity contribution in [1.82, 2.24) is 10.1 Å². The van der Waals surface area contributed by atoms with E-state index in [-0.39, 0.29) is 11.5 Å². The topological polar surface area (TPSA) is 64.9 Å². The van der Waals surface area contributed by atoms with Crippen molar-refractivity contribution < 1.29 is 4.52 Å². The second-order valence-electron chi connectivity index (χ2n) is 5.76. The van der Waals surface area contributed by atoms with Crippen molar-refractivity contribution in [1.29, 1.82) is 0 Å². The van der Waals surface area contributed by atoms with Crippen molar-refractivity contribution in [3.63, 3.8) is 0 Å². The van der Waals surface area contributed by atoms with E-state index in [0.717, 1.165) is 11.3 Å². The Kier molecular flexibility index (Phi) is 4.50. The van der Waals surface area contributed by atoms with Crippen LogP contribution in [-0.2, 0) is 0 Å². The van der Waals surface area contributed by atoms with Gasteiger partial charge in [-0.1, -0.05) is 32.9 Å². The molecule has 0 amide bonds. The van der Waals surface area contributed by atoms with E-state index in [1.165, 1.54) is 4.90 Å². The zero-order chi connectivity index (χ0) is 14.8. The maximum absolute atomic E-state index is 6.13. The van der Waals surface area contributed by atoms with Crippen LogP contribution >= 0.6 is 11.8 Å². The molecule has 1 atom stereocenters. The number of rotatable bonds is 4. The summed E-state index contributed by atoms with van der Waals surface area (Å²) in [6.07, 6.45) is 0. The predicted molar refractivity (Wildman–Crippen MR) is 82.5 cm³/mol. The molecule has 1 aromatic heterocycles. The van der Waals surface area contributed by atoms with E-state index in [1.807, 2.05) is 23.9 Å². The fraction of sp³-hybridized carbons (Fsp3) is 0.467. The zero-order valence-corrected chi connectivity index (χ0v) is 13.2. The van der Waals surface area contributed by atoms with Crippen LogP contribution in [0.1, 0.15) is 39.6 Å². The minimum absolute atomic E-state index is 0.106. The summed E-state index contributed by atoms with van der Waals surface area (Å²) in [4.78, 5) is 5.65. The maximum atomic E-state index is 6.13. The van der Waals surface area contributed by atoms with Gasteiger partial charge >= 0.3 is 0 Å². The first kappa shape index (κ1) is 15.1. The Bertz CT molecular complexity index is 557. The van der Waals surface area contributed by atoms with E-state index in [4.69, 9.17) is 10.3 Å². The smallest absolute Gasteiger partial charge is 0.244 e. The van der Waals surface area contributed by atoms with Crippen LogP contribution in [0.3, 0.4) is 0 Å². The molecule has 2 rings (SSSR count). The van der Waals surface area contributed by atoms with Crippen LogP contribution in [0.15, 0.2) is 33.7 Å². The monoisotopic (exact) mass is 291 g/mol. The van der Waals surface area contributed by atoms with Gasteiger partial charge in [0.05, 0.1) is 6.04 Å². The molecule has 2 N–H and O–H groups in total. The third-order valence-electron chi connectivity index (χ3n) is 3.06. The lowest BCUT2D eigenvalue weighted by Gasteiger charge is -2.23. The van der Waals surface area contributed by atoms with Crippen molar-refractivity contribution in [3.05, 3.63) is 30.2 Å². The number of nitrogens with zero attached hydrogens (tertiary/aromatic N) is 2. The first-order chi connectivity index (χ1) is 9.41. The van der Waals surface area contributed by atoms with Gasteiger partial charge in [-0.2, -0.15) is 4.98 Å². The molecule has 1 unspecified atom stereocenters. The van der Waals surface area contributed by atoms with Crippen LogP contribution in [-0.4, -0.2) is 15.9 Å². The van der Waals surface area contributed by atoms with Gasteiger partial charge < -0.3 is 10.3 Å². The molecule has 1 aromatic carbocycles. The molecule has 108 valence electrons. The standard InChI is InChI=1S/C15H21N3OS/c1-5-20-11-8-6-10(7-9-11)13-17-14(19-18-13)12(16)15(2,3)4/h6-9,12H,5,16H2,1-4H3. The predicted octanol–water partition coefficient (Wildman–Crippen LogP) is 3.89. The van der Waals surface area contributed by atoms with Gasteiger partial charge in [0.25, 0.3) is 0 Å². The van der Waals surface area contributed by atoms with Gasteiger partial charge in [-0.25, -0.2) is 0 Å². The number of hydrogen-bond donors (Lipinski definition) is 1. The van der Waals surface area contributed by atoms with Gasteiger partial charge in [-0.05, 0) is 35.4 Å². The number of thioether (sulfide) groups is 1. The summed E-state index contributed by atoms with van der Waals surface area (Å²) in [5.41, 5.74) is 6.97. The largest absolute Gasteiger partial charge is 0.337 e. The van der Waals surface area contributed by atoms with Gasteiger partial charge in [-0.15, -0.1) is 11.8 Å². The van der Waals surface area contributed by atoms with Crippen LogP contribution in [0.25, 0.3) is 11.4 Å². The molecule has 5 heteroatoms. The van der Waals surface area contributed by atoms with E-state index in [9.17, 15) is 0 Å². The summed E-state index contributed by atoms with van der Waals surface area (Å²) < 4.78 is 5.29. The van der Waals surface area contributed by atoms with Crippen molar-refractivity contribution in [2.24, 2.45) is 11.1 Å². The second kappa shape index (κ2) is 5.97. The highest BCUT2D eigenvalue weighted by molar-refractivity contribution is 7.99. The lowest BCUT2D eigenvalue weighted by molar-refractivity contribution is 0.253. The van der Waals surface area contributed by atoms with Crippen LogP contribution in [0, 0.1) is 5.41 Å². The van der Waals surface area contributed by atoms with E-state index < -0.39 is 0 Å². The number of nitrogens with two attached hydrogens (primary N) is 1. The van der Waals surface area contributed by atoms with E-state index in [2.05, 4.69) is 50.0 Å². The Morgan fingerprint density at radius 2 is 1.90 bits per heavy atom. The Labute approximate surface area is 124 Å². The number of hydrogen-bond acceptors (Lipinski definition) is 5. The summed E-state index contributed by atoms with van der Waals surface area (Å²) >= 11 is 1.81. The van der Waals surface area contributed by atoms with Crippen LogP contribution in [0.4, 0.5) is 0 Å². The summed E-state index contributed by atoms with van der Waals surface area (Å²) in [5.74, 6) is 2.14. The van der Waals surface area contributed by atoms with Gasteiger partial charge in [0, 0.05) is 10.5 Å². The maximum Gasteiger partial charge on any atom is 0.244 e. The SMILES string of the molecule is CCSc1ccc(-c2noc(C(N)C(C)(C)C)n2)cc1. The molecule has 0 aliphatic heterocycles. The van der Waals surface area contributed by atoms with E-state index >= 15 is 0 Å².